The highest BCUT2D eigenvalue weighted by atomic mass is 32.1. The van der Waals surface area contributed by atoms with Crippen molar-refractivity contribution in [2.75, 3.05) is 38.1 Å². The van der Waals surface area contributed by atoms with Crippen LogP contribution in [0.4, 0.5) is 5.13 Å². The van der Waals surface area contributed by atoms with Crippen LogP contribution in [0.15, 0.2) is 17.5 Å². The highest BCUT2D eigenvalue weighted by Gasteiger charge is 2.59. The van der Waals surface area contributed by atoms with Gasteiger partial charge in [0.15, 0.2) is 5.13 Å². The van der Waals surface area contributed by atoms with Crippen LogP contribution < -0.4 is 5.32 Å². The predicted molar refractivity (Wildman–Crippen MR) is 146 cm³/mol. The average Bonchev–Trinajstić information content (AvgIpc) is 3.58. The average molecular weight is 561 g/mol. The fourth-order valence-electron chi connectivity index (χ4n) is 6.84. The number of piperazine rings is 1. The van der Waals surface area contributed by atoms with Gasteiger partial charge in [0.1, 0.15) is 0 Å². The summed E-state index contributed by atoms with van der Waals surface area (Å²) in [6, 6.07) is 3.60. The zero-order valence-electron chi connectivity index (χ0n) is 22.1. The van der Waals surface area contributed by atoms with Crippen molar-refractivity contribution in [2.24, 2.45) is 16.7 Å². The molecule has 3 amide bonds. The number of aliphatic hydroxyl groups excluding tert-OH is 2. The monoisotopic (exact) mass is 560 g/mol. The normalized spacial score (nSPS) is 30.9. The molecular formula is C27H36N4O5S2. The number of carbonyl (C=O) groups excluding carboxylic acids is 3. The Morgan fingerprint density at radius 3 is 2.53 bits per heavy atom. The van der Waals surface area contributed by atoms with Gasteiger partial charge in [0.2, 0.25) is 11.8 Å². The van der Waals surface area contributed by atoms with Gasteiger partial charge in [0.25, 0.3) is 5.91 Å². The first kappa shape index (κ1) is 27.2. The number of hydrogen-bond donors (Lipinski definition) is 3. The van der Waals surface area contributed by atoms with E-state index >= 15 is 0 Å². The van der Waals surface area contributed by atoms with Crippen molar-refractivity contribution < 1.29 is 24.6 Å². The van der Waals surface area contributed by atoms with Crippen LogP contribution in [0.2, 0.25) is 0 Å². The van der Waals surface area contributed by atoms with Crippen LogP contribution >= 0.6 is 22.7 Å². The topological polar surface area (TPSA) is 123 Å². The van der Waals surface area contributed by atoms with Crippen molar-refractivity contribution >= 4 is 45.5 Å². The molecule has 2 aromatic rings. The molecule has 0 unspecified atom stereocenters. The third-order valence-corrected chi connectivity index (χ3v) is 11.2. The van der Waals surface area contributed by atoms with Crippen LogP contribution in [0.3, 0.4) is 0 Å². The summed E-state index contributed by atoms with van der Waals surface area (Å²) in [4.78, 5) is 48.2. The quantitative estimate of drug-likeness (QED) is 0.517. The summed E-state index contributed by atoms with van der Waals surface area (Å²) in [6.45, 7) is 7.60. The number of aromatic nitrogens is 1. The van der Waals surface area contributed by atoms with Crippen molar-refractivity contribution in [2.45, 2.75) is 58.5 Å². The van der Waals surface area contributed by atoms with Crippen LogP contribution in [0.5, 0.6) is 0 Å². The Morgan fingerprint density at radius 2 is 1.89 bits per heavy atom. The first-order valence-corrected chi connectivity index (χ1v) is 14.9. The van der Waals surface area contributed by atoms with Gasteiger partial charge >= 0.3 is 0 Å². The maximum Gasteiger partial charge on any atom is 0.267 e. The van der Waals surface area contributed by atoms with Crippen molar-refractivity contribution in [3.63, 3.8) is 0 Å². The summed E-state index contributed by atoms with van der Waals surface area (Å²) in [5.74, 6) is -0.420. The van der Waals surface area contributed by atoms with Gasteiger partial charge in [-0.3, -0.25) is 19.7 Å². The molecule has 2 fully saturated rings. The number of nitrogens with one attached hydrogen (secondary N) is 1. The zero-order chi connectivity index (χ0) is 27.2. The molecular weight excluding hydrogens is 524 g/mol. The van der Waals surface area contributed by atoms with Crippen LogP contribution in [-0.2, 0) is 16.0 Å². The Balaban J connectivity index is 1.46. The van der Waals surface area contributed by atoms with E-state index in [0.717, 1.165) is 17.0 Å². The number of hydrogen-bond acceptors (Lipinski definition) is 8. The molecule has 3 N–H and O–H groups in total. The van der Waals surface area contributed by atoms with E-state index in [9.17, 15) is 24.6 Å². The van der Waals surface area contributed by atoms with Crippen LogP contribution in [0.1, 0.15) is 66.2 Å². The summed E-state index contributed by atoms with van der Waals surface area (Å²) in [7, 11) is 0. The highest BCUT2D eigenvalue weighted by Crippen LogP contribution is 2.63. The zero-order valence-corrected chi connectivity index (χ0v) is 23.7. The Bertz CT molecular complexity index is 1210. The Morgan fingerprint density at radius 1 is 1.18 bits per heavy atom. The van der Waals surface area contributed by atoms with Crippen molar-refractivity contribution in [3.05, 3.63) is 33.0 Å². The lowest BCUT2D eigenvalue weighted by Crippen LogP contribution is -2.58. The molecule has 206 valence electrons. The van der Waals surface area contributed by atoms with E-state index in [-0.39, 0.29) is 48.0 Å². The summed E-state index contributed by atoms with van der Waals surface area (Å²) in [5.41, 5.74) is -0.213. The van der Waals surface area contributed by atoms with Crippen molar-refractivity contribution in [1.82, 2.24) is 14.8 Å². The molecule has 1 saturated heterocycles. The second-order valence-corrected chi connectivity index (χ2v) is 13.4. The second-order valence-electron chi connectivity index (χ2n) is 11.4. The van der Waals surface area contributed by atoms with Gasteiger partial charge in [-0.1, -0.05) is 19.9 Å². The van der Waals surface area contributed by atoms with Gasteiger partial charge < -0.3 is 20.0 Å². The maximum atomic E-state index is 13.6. The summed E-state index contributed by atoms with van der Waals surface area (Å²) < 4.78 is 0. The van der Waals surface area contributed by atoms with E-state index in [0.29, 0.717) is 49.0 Å². The van der Waals surface area contributed by atoms with Gasteiger partial charge in [0.05, 0.1) is 23.3 Å². The number of aliphatic hydroxyl groups is 2. The van der Waals surface area contributed by atoms with Gasteiger partial charge in [-0.15, -0.1) is 22.7 Å². The first-order valence-electron chi connectivity index (χ1n) is 13.2. The Labute approximate surface area is 230 Å². The molecule has 2 aliphatic carbocycles. The Kier molecular flexibility index (Phi) is 7.40. The number of nitrogens with zero attached hydrogens (tertiary/aromatic N) is 3. The van der Waals surface area contributed by atoms with Gasteiger partial charge in [0, 0.05) is 55.7 Å². The van der Waals surface area contributed by atoms with E-state index in [1.807, 2.05) is 23.3 Å². The summed E-state index contributed by atoms with van der Waals surface area (Å²) in [6.07, 6.45) is 1.54. The first-order chi connectivity index (χ1) is 18.1. The van der Waals surface area contributed by atoms with E-state index in [1.165, 1.54) is 22.7 Å². The number of amides is 3. The van der Waals surface area contributed by atoms with Gasteiger partial charge in [-0.05, 0) is 42.0 Å². The summed E-state index contributed by atoms with van der Waals surface area (Å²) in [5, 5.41) is 26.7. The van der Waals surface area contributed by atoms with Gasteiger partial charge in [-0.2, -0.15) is 0 Å². The van der Waals surface area contributed by atoms with E-state index in [2.05, 4.69) is 12.2 Å². The highest BCUT2D eigenvalue weighted by molar-refractivity contribution is 7.16. The van der Waals surface area contributed by atoms with E-state index < -0.39 is 11.5 Å². The molecule has 2 aromatic heterocycles. The van der Waals surface area contributed by atoms with E-state index in [4.69, 9.17) is 4.98 Å². The number of anilines is 1. The molecule has 3 heterocycles. The minimum atomic E-state index is -0.705. The van der Waals surface area contributed by atoms with Crippen molar-refractivity contribution in [3.8, 4) is 0 Å². The minimum Gasteiger partial charge on any atom is -0.396 e. The number of fused-ring (bicyclic) bond motifs is 2. The smallest absolute Gasteiger partial charge is 0.267 e. The number of thiazole rings is 1. The number of rotatable bonds is 5. The molecule has 3 aliphatic rings. The molecule has 1 saturated carbocycles. The van der Waals surface area contributed by atoms with Gasteiger partial charge in [-0.25, -0.2) is 4.98 Å². The molecule has 5 atom stereocenters. The van der Waals surface area contributed by atoms with Crippen molar-refractivity contribution in [1.29, 1.82) is 0 Å². The molecule has 0 bridgehead atoms. The lowest BCUT2D eigenvalue weighted by Gasteiger charge is -2.58. The molecule has 11 heteroatoms. The summed E-state index contributed by atoms with van der Waals surface area (Å²) >= 11 is 2.79. The third kappa shape index (κ3) is 4.67. The molecule has 0 spiro atoms. The molecule has 0 aromatic carbocycles. The lowest BCUT2D eigenvalue weighted by atomic mass is 9.47. The number of thiophene rings is 1. The molecule has 0 radical (unpaired) electrons. The van der Waals surface area contributed by atoms with Crippen LogP contribution in [-0.4, -0.2) is 81.6 Å². The maximum absolute atomic E-state index is 13.6. The SMILES string of the molecule is CC(=O)N1CCN(C(=O)C[C@@H]2c3nc(NC(=O)c4cccs4)sc3C[C@@H]3[C@](C)(CO)[C@H](O)CC[C@]32C)CC1. The predicted octanol–water partition coefficient (Wildman–Crippen LogP) is 2.95. The van der Waals surface area contributed by atoms with Crippen LogP contribution in [0, 0.1) is 16.7 Å². The molecule has 5 rings (SSSR count). The second kappa shape index (κ2) is 10.3. The fraction of sp³-hybridized carbons (Fsp3) is 0.630. The van der Waals surface area contributed by atoms with Crippen LogP contribution in [0.25, 0.3) is 0 Å². The largest absolute Gasteiger partial charge is 0.396 e. The Hall–Kier alpha value is -2.34. The molecule has 38 heavy (non-hydrogen) atoms. The minimum absolute atomic E-state index is 0.0213. The third-order valence-electron chi connectivity index (χ3n) is 9.32. The van der Waals surface area contributed by atoms with E-state index in [1.54, 1.807) is 17.9 Å². The molecule has 9 nitrogen and oxygen atoms in total. The number of carbonyl (C=O) groups is 3. The lowest BCUT2D eigenvalue weighted by molar-refractivity contribution is -0.149. The molecule has 1 aliphatic heterocycles. The standard InChI is InChI=1S/C27H36N4O5S2/c1-16(33)30-8-10-31(11-9-30)22(35)13-17-23-19(38-25(28-23)29-24(36)18-5-4-12-37-18)14-20-26(17,2)7-6-21(34)27(20,3)15-32/h4-5,12,17,20-21,32,34H,6-11,13-15H2,1-3H3,(H,28,29,36)/t17-,20+,21-,26+,27+/m1/s1. The fourth-order valence-corrected chi connectivity index (χ4v) is 8.52.